The summed E-state index contributed by atoms with van der Waals surface area (Å²) in [5, 5.41) is 11.7. The van der Waals surface area contributed by atoms with E-state index in [0.29, 0.717) is 17.8 Å². The van der Waals surface area contributed by atoms with Crippen LogP contribution in [0, 0.1) is 0 Å². The predicted octanol–water partition coefficient (Wildman–Crippen LogP) is 5.81. The molecule has 2 aromatic carbocycles. The van der Waals surface area contributed by atoms with Crippen molar-refractivity contribution in [3.63, 3.8) is 0 Å². The summed E-state index contributed by atoms with van der Waals surface area (Å²) in [6.07, 6.45) is 1.70. The number of ether oxygens (including phenoxy) is 1. The summed E-state index contributed by atoms with van der Waals surface area (Å²) in [6.45, 7) is 5.43. The van der Waals surface area contributed by atoms with Gasteiger partial charge in [0.05, 0.1) is 11.4 Å². The molecule has 0 saturated carbocycles. The number of amides is 3. The third-order valence-corrected chi connectivity index (χ3v) is 5.04. The molecule has 0 fully saturated rings. The Morgan fingerprint density at radius 2 is 1.59 bits per heavy atom. The van der Waals surface area contributed by atoms with Crippen molar-refractivity contribution in [2.75, 3.05) is 10.6 Å². The summed E-state index contributed by atoms with van der Waals surface area (Å²) < 4.78 is 5.29. The molecule has 1 aliphatic heterocycles. The number of hydrazone groups is 1. The molecule has 1 unspecified atom stereocenters. The van der Waals surface area contributed by atoms with Crippen LogP contribution in [0.1, 0.15) is 44.5 Å². The van der Waals surface area contributed by atoms with E-state index in [1.54, 1.807) is 18.3 Å². The Labute approximate surface area is 198 Å². The molecule has 1 aliphatic rings. The lowest BCUT2D eigenvalue weighted by molar-refractivity contribution is 0.0636. The first-order valence-electron chi connectivity index (χ1n) is 11.0. The number of rotatable bonds is 4. The van der Waals surface area contributed by atoms with Crippen LogP contribution in [0.3, 0.4) is 0 Å². The Kier molecular flexibility index (Phi) is 6.58. The summed E-state index contributed by atoms with van der Waals surface area (Å²) in [6, 6.07) is 21.5. The number of hydrogen-bond donors (Lipinski definition) is 2. The van der Waals surface area contributed by atoms with Crippen molar-refractivity contribution >= 4 is 29.2 Å². The van der Waals surface area contributed by atoms with E-state index < -0.39 is 11.7 Å². The molecule has 0 radical (unpaired) electrons. The first kappa shape index (κ1) is 23.0. The molecule has 1 atom stereocenters. The Morgan fingerprint density at radius 1 is 0.912 bits per heavy atom. The van der Waals surface area contributed by atoms with E-state index in [2.05, 4.69) is 20.7 Å². The second-order valence-corrected chi connectivity index (χ2v) is 8.87. The number of carbonyl (C=O) groups excluding carboxylic acids is 2. The molecule has 2 N–H and O–H groups in total. The van der Waals surface area contributed by atoms with E-state index in [-0.39, 0.29) is 12.1 Å². The summed E-state index contributed by atoms with van der Waals surface area (Å²) in [4.78, 5) is 29.6. The van der Waals surface area contributed by atoms with Gasteiger partial charge in [-0.1, -0.05) is 36.4 Å². The maximum Gasteiger partial charge on any atom is 0.412 e. The second kappa shape index (κ2) is 9.74. The summed E-state index contributed by atoms with van der Waals surface area (Å²) in [5.41, 5.74) is 3.08. The molecule has 3 aromatic rings. The minimum Gasteiger partial charge on any atom is -0.444 e. The molecular weight excluding hydrogens is 430 g/mol. The van der Waals surface area contributed by atoms with Gasteiger partial charge in [0, 0.05) is 24.0 Å². The van der Waals surface area contributed by atoms with Gasteiger partial charge in [-0.15, -0.1) is 0 Å². The van der Waals surface area contributed by atoms with Gasteiger partial charge in [-0.3, -0.25) is 10.3 Å². The fraction of sp³-hybridized carbons (Fsp3) is 0.231. The van der Waals surface area contributed by atoms with Gasteiger partial charge in [0.25, 0.3) is 0 Å². The van der Waals surface area contributed by atoms with Crippen LogP contribution in [0.2, 0.25) is 0 Å². The van der Waals surface area contributed by atoms with E-state index in [0.717, 1.165) is 17.0 Å². The summed E-state index contributed by atoms with van der Waals surface area (Å²) in [7, 11) is 0. The second-order valence-electron chi connectivity index (χ2n) is 8.87. The standard InChI is InChI=1S/C26H27N5O3/c1-26(2,3)34-25(33)29-20-14-12-18(13-15-20)22-17-23(21-11-7-8-16-27-21)31(30-22)24(32)28-19-9-5-4-6-10-19/h4-16,23H,17H2,1-3H3,(H,28,32)(H,29,33). The van der Waals surface area contributed by atoms with Gasteiger partial charge in [0.1, 0.15) is 11.6 Å². The normalized spacial score (nSPS) is 15.4. The molecule has 174 valence electrons. The van der Waals surface area contributed by atoms with Crippen LogP contribution >= 0.6 is 0 Å². The fourth-order valence-electron chi connectivity index (χ4n) is 3.55. The lowest BCUT2D eigenvalue weighted by Gasteiger charge is -2.21. The number of carbonyl (C=O) groups is 2. The molecule has 1 aromatic heterocycles. The zero-order chi connectivity index (χ0) is 24.1. The van der Waals surface area contributed by atoms with Crippen LogP contribution in [0.5, 0.6) is 0 Å². The number of anilines is 2. The Balaban J connectivity index is 1.53. The van der Waals surface area contributed by atoms with E-state index >= 15 is 0 Å². The van der Waals surface area contributed by atoms with Crippen molar-refractivity contribution in [1.29, 1.82) is 0 Å². The largest absolute Gasteiger partial charge is 0.444 e. The van der Waals surface area contributed by atoms with Gasteiger partial charge < -0.3 is 10.1 Å². The molecule has 0 bridgehead atoms. The zero-order valence-electron chi connectivity index (χ0n) is 19.4. The average molecular weight is 458 g/mol. The van der Waals surface area contributed by atoms with Crippen LogP contribution in [-0.2, 0) is 4.74 Å². The smallest absolute Gasteiger partial charge is 0.412 e. The van der Waals surface area contributed by atoms with E-state index in [9.17, 15) is 9.59 Å². The van der Waals surface area contributed by atoms with E-state index in [1.165, 1.54) is 5.01 Å². The number of pyridine rings is 1. The number of urea groups is 1. The van der Waals surface area contributed by atoms with Crippen molar-refractivity contribution in [2.24, 2.45) is 5.10 Å². The third-order valence-electron chi connectivity index (χ3n) is 5.04. The van der Waals surface area contributed by atoms with Gasteiger partial charge in [-0.25, -0.2) is 14.6 Å². The van der Waals surface area contributed by atoms with Gasteiger partial charge >= 0.3 is 12.1 Å². The van der Waals surface area contributed by atoms with Gasteiger partial charge in [-0.2, -0.15) is 5.10 Å². The highest BCUT2D eigenvalue weighted by Crippen LogP contribution is 2.32. The highest BCUT2D eigenvalue weighted by Gasteiger charge is 2.34. The number of benzene rings is 2. The SMILES string of the molecule is CC(C)(C)OC(=O)Nc1ccc(C2=NN(C(=O)Nc3ccccc3)C(c3ccccn3)C2)cc1. The average Bonchev–Trinajstić information content (AvgIpc) is 3.25. The molecule has 0 spiro atoms. The third kappa shape index (κ3) is 5.78. The molecule has 34 heavy (non-hydrogen) atoms. The predicted molar refractivity (Wildman–Crippen MR) is 132 cm³/mol. The number of hydrogen-bond acceptors (Lipinski definition) is 5. The van der Waals surface area contributed by atoms with E-state index in [4.69, 9.17) is 4.74 Å². The lowest BCUT2D eigenvalue weighted by Crippen LogP contribution is -2.31. The topological polar surface area (TPSA) is 95.9 Å². The van der Waals surface area contributed by atoms with Gasteiger partial charge in [-0.05, 0) is 62.7 Å². The zero-order valence-corrected chi connectivity index (χ0v) is 19.4. The van der Waals surface area contributed by atoms with Gasteiger partial charge in [0.15, 0.2) is 0 Å². The highest BCUT2D eigenvalue weighted by molar-refractivity contribution is 6.04. The lowest BCUT2D eigenvalue weighted by atomic mass is 10.0. The minimum absolute atomic E-state index is 0.333. The molecule has 0 saturated heterocycles. The van der Waals surface area contributed by atoms with E-state index in [1.807, 2.05) is 81.4 Å². The number of nitrogens with zero attached hydrogens (tertiary/aromatic N) is 3. The van der Waals surface area contributed by atoms with Crippen LogP contribution < -0.4 is 10.6 Å². The maximum absolute atomic E-state index is 13.1. The quantitative estimate of drug-likeness (QED) is 0.517. The van der Waals surface area contributed by atoms with Crippen LogP contribution in [0.15, 0.2) is 84.1 Å². The van der Waals surface area contributed by atoms with Crippen molar-refractivity contribution in [3.8, 4) is 0 Å². The number of para-hydroxylation sites is 1. The Bertz CT molecular complexity index is 1170. The van der Waals surface area contributed by atoms with Crippen molar-refractivity contribution < 1.29 is 14.3 Å². The van der Waals surface area contributed by atoms with Crippen molar-refractivity contribution in [3.05, 3.63) is 90.3 Å². The minimum atomic E-state index is -0.577. The first-order chi connectivity index (χ1) is 16.3. The summed E-state index contributed by atoms with van der Waals surface area (Å²) >= 11 is 0. The van der Waals surface area contributed by atoms with Crippen LogP contribution in [0.25, 0.3) is 0 Å². The van der Waals surface area contributed by atoms with Crippen LogP contribution in [-0.4, -0.2) is 33.4 Å². The molecule has 8 heteroatoms. The van der Waals surface area contributed by atoms with Crippen molar-refractivity contribution in [2.45, 2.75) is 38.8 Å². The number of aromatic nitrogens is 1. The number of nitrogens with one attached hydrogen (secondary N) is 2. The maximum atomic E-state index is 13.1. The molecule has 4 rings (SSSR count). The molecule has 8 nitrogen and oxygen atoms in total. The first-order valence-corrected chi connectivity index (χ1v) is 11.0. The highest BCUT2D eigenvalue weighted by atomic mass is 16.6. The Morgan fingerprint density at radius 3 is 2.24 bits per heavy atom. The van der Waals surface area contributed by atoms with Gasteiger partial charge in [0.2, 0.25) is 0 Å². The van der Waals surface area contributed by atoms with Crippen molar-refractivity contribution in [1.82, 2.24) is 9.99 Å². The Hall–Kier alpha value is -4.20. The summed E-state index contributed by atoms with van der Waals surface area (Å²) in [5.74, 6) is 0. The molecular formula is C26H27N5O3. The monoisotopic (exact) mass is 457 g/mol. The molecule has 0 aliphatic carbocycles. The van der Waals surface area contributed by atoms with Crippen LogP contribution in [0.4, 0.5) is 21.0 Å². The molecule has 3 amide bonds. The molecule has 2 heterocycles. The fourth-order valence-corrected chi connectivity index (χ4v) is 3.55.